The van der Waals surface area contributed by atoms with Crippen LogP contribution in [-0.2, 0) is 14.2 Å². The summed E-state index contributed by atoms with van der Waals surface area (Å²) in [4.78, 5) is 0. The van der Waals surface area contributed by atoms with Crippen molar-refractivity contribution in [2.45, 2.75) is 5.91 Å². The van der Waals surface area contributed by atoms with Crippen LogP contribution in [0.5, 0.6) is 0 Å². The minimum Gasteiger partial charge on any atom is -0.494 e. The van der Waals surface area contributed by atoms with Crippen molar-refractivity contribution in [2.24, 2.45) is 5.73 Å². The second kappa shape index (κ2) is 3.55. The predicted molar refractivity (Wildman–Crippen MR) is 37.1 cm³/mol. The Morgan fingerprint density at radius 3 is 1.80 bits per heavy atom. The molecule has 2 N–H and O–H groups in total. The summed E-state index contributed by atoms with van der Waals surface area (Å²) in [5.41, 5.74) is 5.48. The van der Waals surface area contributed by atoms with Gasteiger partial charge in [-0.3, -0.25) is 5.73 Å². The van der Waals surface area contributed by atoms with Crippen LogP contribution in [0.25, 0.3) is 0 Å². The second-order valence-electron chi connectivity index (χ2n) is 1.70. The lowest BCUT2D eigenvalue weighted by atomic mass is 10.4. The van der Waals surface area contributed by atoms with Gasteiger partial charge in [0.15, 0.2) is 5.76 Å². The first-order valence-corrected chi connectivity index (χ1v) is 2.73. The highest BCUT2D eigenvalue weighted by molar-refractivity contribution is 4.95. The van der Waals surface area contributed by atoms with E-state index in [4.69, 9.17) is 19.9 Å². The van der Waals surface area contributed by atoms with E-state index in [0.717, 1.165) is 0 Å². The monoisotopic (exact) mass is 147 g/mol. The van der Waals surface area contributed by atoms with E-state index < -0.39 is 5.91 Å². The van der Waals surface area contributed by atoms with Crippen molar-refractivity contribution >= 4 is 0 Å². The predicted octanol–water partition coefficient (Wildman–Crippen LogP) is 0.0518. The lowest BCUT2D eigenvalue weighted by molar-refractivity contribution is -0.195. The molecule has 0 aliphatic carbocycles. The van der Waals surface area contributed by atoms with Crippen LogP contribution in [0.15, 0.2) is 12.3 Å². The maximum absolute atomic E-state index is 5.48. The Kier molecular flexibility index (Phi) is 3.35. The van der Waals surface area contributed by atoms with E-state index in [2.05, 4.69) is 6.58 Å². The quantitative estimate of drug-likeness (QED) is 0.451. The Labute approximate surface area is 60.6 Å². The summed E-state index contributed by atoms with van der Waals surface area (Å²) >= 11 is 0. The molecule has 0 amide bonds. The molecule has 0 aromatic heterocycles. The van der Waals surface area contributed by atoms with E-state index >= 15 is 0 Å². The number of rotatable bonds is 4. The van der Waals surface area contributed by atoms with Gasteiger partial charge in [-0.2, -0.15) is 0 Å². The molecule has 0 saturated heterocycles. The molecule has 0 rings (SSSR count). The summed E-state index contributed by atoms with van der Waals surface area (Å²) in [6, 6.07) is 0. The van der Waals surface area contributed by atoms with Crippen molar-refractivity contribution in [2.75, 3.05) is 21.3 Å². The van der Waals surface area contributed by atoms with Crippen LogP contribution in [-0.4, -0.2) is 27.2 Å². The van der Waals surface area contributed by atoms with E-state index in [1.807, 2.05) is 0 Å². The summed E-state index contributed by atoms with van der Waals surface area (Å²) < 4.78 is 14.3. The van der Waals surface area contributed by atoms with Crippen molar-refractivity contribution in [3.05, 3.63) is 12.3 Å². The molecular formula is C6H13NO3. The van der Waals surface area contributed by atoms with Crippen LogP contribution in [0, 0.1) is 0 Å². The Hall–Kier alpha value is -0.580. The van der Waals surface area contributed by atoms with Gasteiger partial charge in [0.25, 0.3) is 5.91 Å². The van der Waals surface area contributed by atoms with Crippen molar-refractivity contribution in [3.8, 4) is 0 Å². The SMILES string of the molecule is C=C(OC)C(N)(OC)OC. The molecule has 0 fully saturated rings. The number of hydrogen-bond acceptors (Lipinski definition) is 4. The lowest BCUT2D eigenvalue weighted by Gasteiger charge is -2.26. The summed E-state index contributed by atoms with van der Waals surface area (Å²) in [7, 11) is 4.27. The molecule has 0 aromatic carbocycles. The third kappa shape index (κ3) is 1.70. The minimum atomic E-state index is -1.32. The lowest BCUT2D eigenvalue weighted by Crippen LogP contribution is -2.45. The molecule has 0 bridgehead atoms. The van der Waals surface area contributed by atoms with E-state index in [9.17, 15) is 0 Å². The largest absolute Gasteiger partial charge is 0.494 e. The van der Waals surface area contributed by atoms with Gasteiger partial charge in [0.2, 0.25) is 0 Å². The van der Waals surface area contributed by atoms with Gasteiger partial charge in [-0.05, 0) is 0 Å². The summed E-state index contributed by atoms with van der Waals surface area (Å²) in [5.74, 6) is -1.09. The van der Waals surface area contributed by atoms with Gasteiger partial charge in [0.1, 0.15) is 0 Å². The highest BCUT2D eigenvalue weighted by atomic mass is 16.7. The first-order chi connectivity index (χ1) is 4.60. The summed E-state index contributed by atoms with van der Waals surface area (Å²) in [6.07, 6.45) is 0. The summed E-state index contributed by atoms with van der Waals surface area (Å²) in [6.45, 7) is 3.49. The van der Waals surface area contributed by atoms with Crippen LogP contribution in [0.3, 0.4) is 0 Å². The maximum Gasteiger partial charge on any atom is 0.285 e. The molecule has 60 valence electrons. The first kappa shape index (κ1) is 9.42. The minimum absolute atomic E-state index is 0.234. The van der Waals surface area contributed by atoms with Crippen molar-refractivity contribution in [3.63, 3.8) is 0 Å². The van der Waals surface area contributed by atoms with Gasteiger partial charge in [-0.25, -0.2) is 0 Å². The van der Waals surface area contributed by atoms with E-state index in [1.54, 1.807) is 0 Å². The van der Waals surface area contributed by atoms with Gasteiger partial charge in [-0.15, -0.1) is 0 Å². The van der Waals surface area contributed by atoms with Gasteiger partial charge >= 0.3 is 0 Å². The molecule has 0 unspecified atom stereocenters. The third-order valence-corrected chi connectivity index (χ3v) is 1.24. The van der Waals surface area contributed by atoms with Crippen LogP contribution in [0.4, 0.5) is 0 Å². The smallest absolute Gasteiger partial charge is 0.285 e. The fourth-order valence-electron chi connectivity index (χ4n) is 0.453. The molecule has 4 nitrogen and oxygen atoms in total. The molecule has 0 spiro atoms. The van der Waals surface area contributed by atoms with Gasteiger partial charge in [0, 0.05) is 14.2 Å². The zero-order chi connectivity index (χ0) is 8.20. The topological polar surface area (TPSA) is 53.7 Å². The Morgan fingerprint density at radius 1 is 1.30 bits per heavy atom. The van der Waals surface area contributed by atoms with Gasteiger partial charge in [-0.1, -0.05) is 6.58 Å². The number of ether oxygens (including phenoxy) is 3. The van der Waals surface area contributed by atoms with Crippen molar-refractivity contribution in [1.29, 1.82) is 0 Å². The standard InChI is InChI=1S/C6H13NO3/c1-5(8-2)6(7,9-3)10-4/h1,7H2,2-4H3. The molecule has 0 aromatic rings. The zero-order valence-corrected chi connectivity index (χ0v) is 6.51. The molecule has 0 heterocycles. The molecule has 0 aliphatic rings. The Balaban J connectivity index is 4.17. The molecule has 0 radical (unpaired) electrons. The third-order valence-electron chi connectivity index (χ3n) is 1.24. The van der Waals surface area contributed by atoms with Crippen LogP contribution >= 0.6 is 0 Å². The Morgan fingerprint density at radius 2 is 1.70 bits per heavy atom. The van der Waals surface area contributed by atoms with E-state index in [0.29, 0.717) is 0 Å². The van der Waals surface area contributed by atoms with Crippen LogP contribution in [0.1, 0.15) is 0 Å². The van der Waals surface area contributed by atoms with Crippen molar-refractivity contribution < 1.29 is 14.2 Å². The van der Waals surface area contributed by atoms with Crippen molar-refractivity contribution in [1.82, 2.24) is 0 Å². The normalized spacial score (nSPS) is 11.2. The average Bonchev–Trinajstić information content (AvgIpc) is 2.01. The first-order valence-electron chi connectivity index (χ1n) is 2.73. The van der Waals surface area contributed by atoms with Gasteiger partial charge < -0.3 is 14.2 Å². The molecular weight excluding hydrogens is 134 g/mol. The Bertz CT molecular complexity index is 120. The van der Waals surface area contributed by atoms with E-state index in [-0.39, 0.29) is 5.76 Å². The average molecular weight is 147 g/mol. The summed E-state index contributed by atoms with van der Waals surface area (Å²) in [5, 5.41) is 0. The second-order valence-corrected chi connectivity index (χ2v) is 1.70. The zero-order valence-electron chi connectivity index (χ0n) is 6.51. The number of hydrogen-bond donors (Lipinski definition) is 1. The molecule has 4 heteroatoms. The molecule has 10 heavy (non-hydrogen) atoms. The highest BCUT2D eigenvalue weighted by Crippen LogP contribution is 2.13. The highest BCUT2D eigenvalue weighted by Gasteiger charge is 2.28. The number of nitrogens with two attached hydrogens (primary N) is 1. The van der Waals surface area contributed by atoms with E-state index in [1.165, 1.54) is 21.3 Å². The fourth-order valence-corrected chi connectivity index (χ4v) is 0.453. The maximum atomic E-state index is 5.48. The van der Waals surface area contributed by atoms with Crippen LogP contribution in [0.2, 0.25) is 0 Å². The molecule has 0 aliphatic heterocycles. The molecule has 0 atom stereocenters. The molecule has 0 saturated carbocycles. The van der Waals surface area contributed by atoms with Gasteiger partial charge in [0.05, 0.1) is 7.11 Å². The number of methoxy groups -OCH3 is 3. The van der Waals surface area contributed by atoms with Crippen LogP contribution < -0.4 is 5.73 Å². The fraction of sp³-hybridized carbons (Fsp3) is 0.667.